The molecule has 0 aromatic carbocycles. The van der Waals surface area contributed by atoms with Crippen molar-refractivity contribution in [2.75, 3.05) is 19.6 Å². The fourth-order valence-electron chi connectivity index (χ4n) is 2.67. The summed E-state index contributed by atoms with van der Waals surface area (Å²) < 4.78 is 0. The van der Waals surface area contributed by atoms with Crippen LogP contribution in [-0.2, 0) is 6.42 Å². The van der Waals surface area contributed by atoms with Gasteiger partial charge in [0.15, 0.2) is 0 Å². The topological polar surface area (TPSA) is 28.2 Å². The fourth-order valence-corrected chi connectivity index (χ4v) is 2.67. The first kappa shape index (κ1) is 13.5. The molecule has 2 rings (SSSR count). The zero-order valence-corrected chi connectivity index (χ0v) is 11.6. The second kappa shape index (κ2) is 6.86. The third-order valence-corrected chi connectivity index (χ3v) is 3.85. The van der Waals surface area contributed by atoms with Crippen LogP contribution in [0.4, 0.5) is 0 Å². The van der Waals surface area contributed by atoms with Gasteiger partial charge < -0.3 is 5.32 Å². The molecule has 3 heteroatoms. The third-order valence-electron chi connectivity index (χ3n) is 3.85. The van der Waals surface area contributed by atoms with E-state index in [0.29, 0.717) is 12.1 Å². The first-order chi connectivity index (χ1) is 8.79. The van der Waals surface area contributed by atoms with Gasteiger partial charge >= 0.3 is 0 Å². The normalized spacial score (nSPS) is 25.2. The van der Waals surface area contributed by atoms with Gasteiger partial charge in [0, 0.05) is 44.1 Å². The molecule has 1 aliphatic rings. The average molecular weight is 247 g/mol. The fraction of sp³-hybridized carbons (Fsp3) is 0.667. The number of hydrogen-bond acceptors (Lipinski definition) is 3. The summed E-state index contributed by atoms with van der Waals surface area (Å²) in [7, 11) is 0. The molecule has 1 aliphatic heterocycles. The Morgan fingerprint density at radius 1 is 1.39 bits per heavy atom. The van der Waals surface area contributed by atoms with Crippen molar-refractivity contribution in [3.8, 4) is 0 Å². The van der Waals surface area contributed by atoms with Crippen molar-refractivity contribution in [2.24, 2.45) is 0 Å². The van der Waals surface area contributed by atoms with E-state index in [0.717, 1.165) is 19.5 Å². The highest BCUT2D eigenvalue weighted by Crippen LogP contribution is 2.11. The minimum atomic E-state index is 0.653. The molecule has 100 valence electrons. The van der Waals surface area contributed by atoms with Crippen molar-refractivity contribution < 1.29 is 0 Å². The van der Waals surface area contributed by atoms with E-state index in [-0.39, 0.29) is 0 Å². The molecule has 0 saturated carbocycles. The molecule has 1 N–H and O–H groups in total. The molecule has 1 saturated heterocycles. The van der Waals surface area contributed by atoms with Crippen molar-refractivity contribution in [3.63, 3.8) is 0 Å². The van der Waals surface area contributed by atoms with Gasteiger partial charge in [-0.3, -0.25) is 9.88 Å². The molecule has 0 aliphatic carbocycles. The Bertz CT molecular complexity index is 339. The van der Waals surface area contributed by atoms with Crippen LogP contribution >= 0.6 is 0 Å². The van der Waals surface area contributed by atoms with E-state index in [4.69, 9.17) is 0 Å². The second-order valence-corrected chi connectivity index (χ2v) is 5.34. The lowest BCUT2D eigenvalue weighted by atomic mass is 10.0. The van der Waals surface area contributed by atoms with Gasteiger partial charge in [0.2, 0.25) is 0 Å². The predicted octanol–water partition coefficient (Wildman–Crippen LogP) is 2.09. The van der Waals surface area contributed by atoms with E-state index in [1.165, 1.54) is 24.9 Å². The molecule has 2 unspecified atom stereocenters. The predicted molar refractivity (Wildman–Crippen MR) is 75.7 cm³/mol. The minimum absolute atomic E-state index is 0.653. The van der Waals surface area contributed by atoms with Crippen LogP contribution in [0.15, 0.2) is 24.5 Å². The lowest BCUT2D eigenvalue weighted by molar-refractivity contribution is 0.138. The molecule has 0 spiro atoms. The summed E-state index contributed by atoms with van der Waals surface area (Å²) in [5.74, 6) is 0. The van der Waals surface area contributed by atoms with E-state index in [1.54, 1.807) is 0 Å². The zero-order valence-electron chi connectivity index (χ0n) is 11.6. The Balaban J connectivity index is 1.83. The number of pyridine rings is 1. The summed E-state index contributed by atoms with van der Waals surface area (Å²) in [4.78, 5) is 6.69. The number of aromatic nitrogens is 1. The maximum atomic E-state index is 4.07. The van der Waals surface area contributed by atoms with Gasteiger partial charge in [-0.25, -0.2) is 0 Å². The number of rotatable bonds is 5. The van der Waals surface area contributed by atoms with Gasteiger partial charge in [-0.05, 0) is 37.5 Å². The molecule has 0 radical (unpaired) electrons. The van der Waals surface area contributed by atoms with Crippen LogP contribution in [0.1, 0.15) is 32.3 Å². The Kier molecular flexibility index (Phi) is 5.14. The van der Waals surface area contributed by atoms with Crippen LogP contribution in [0.3, 0.4) is 0 Å². The summed E-state index contributed by atoms with van der Waals surface area (Å²) in [6.07, 6.45) is 7.46. The molecule has 18 heavy (non-hydrogen) atoms. The van der Waals surface area contributed by atoms with Crippen molar-refractivity contribution in [1.82, 2.24) is 15.2 Å². The average Bonchev–Trinajstić information content (AvgIpc) is 2.41. The van der Waals surface area contributed by atoms with E-state index in [2.05, 4.69) is 41.2 Å². The molecule has 0 amide bonds. The zero-order chi connectivity index (χ0) is 12.8. The van der Waals surface area contributed by atoms with Gasteiger partial charge in [0.05, 0.1) is 0 Å². The third kappa shape index (κ3) is 3.79. The molecule has 3 nitrogen and oxygen atoms in total. The Hall–Kier alpha value is -0.930. The summed E-state index contributed by atoms with van der Waals surface area (Å²) in [5.41, 5.74) is 1.39. The molecule has 1 aromatic rings. The number of piperazine rings is 1. The molecular formula is C15H25N3. The summed E-state index contributed by atoms with van der Waals surface area (Å²) in [6.45, 7) is 8.07. The molecule has 0 bridgehead atoms. The first-order valence-corrected chi connectivity index (χ1v) is 7.16. The summed E-state index contributed by atoms with van der Waals surface area (Å²) in [6, 6.07) is 5.58. The number of nitrogens with zero attached hydrogens (tertiary/aromatic N) is 2. The van der Waals surface area contributed by atoms with Crippen molar-refractivity contribution in [2.45, 2.75) is 45.2 Å². The van der Waals surface area contributed by atoms with Crippen molar-refractivity contribution >= 4 is 0 Å². The van der Waals surface area contributed by atoms with Crippen LogP contribution in [0.5, 0.6) is 0 Å². The van der Waals surface area contributed by atoms with E-state index >= 15 is 0 Å². The van der Waals surface area contributed by atoms with Crippen molar-refractivity contribution in [3.05, 3.63) is 30.1 Å². The lowest BCUT2D eigenvalue weighted by Crippen LogP contribution is -2.55. The summed E-state index contributed by atoms with van der Waals surface area (Å²) in [5, 5.41) is 3.65. The molecule has 2 heterocycles. The van der Waals surface area contributed by atoms with E-state index in [1.807, 2.05) is 12.4 Å². The van der Waals surface area contributed by atoms with Crippen molar-refractivity contribution in [1.29, 1.82) is 0 Å². The maximum absolute atomic E-state index is 4.07. The maximum Gasteiger partial charge on any atom is 0.0270 e. The van der Waals surface area contributed by atoms with Gasteiger partial charge in [-0.1, -0.05) is 13.3 Å². The second-order valence-electron chi connectivity index (χ2n) is 5.34. The number of nitrogens with one attached hydrogen (secondary N) is 1. The van der Waals surface area contributed by atoms with Gasteiger partial charge in [0.1, 0.15) is 0 Å². The first-order valence-electron chi connectivity index (χ1n) is 7.16. The standard InChI is InChI=1S/C15H25N3/c1-3-4-15-12-18(13(2)11-17-15)10-7-14-5-8-16-9-6-14/h5-6,8-9,13,15,17H,3-4,7,10-12H2,1-2H3. The molecule has 2 atom stereocenters. The Morgan fingerprint density at radius 3 is 2.89 bits per heavy atom. The minimum Gasteiger partial charge on any atom is -0.311 e. The molecule has 1 fully saturated rings. The monoisotopic (exact) mass is 247 g/mol. The highest BCUT2D eigenvalue weighted by Gasteiger charge is 2.23. The highest BCUT2D eigenvalue weighted by atomic mass is 15.2. The van der Waals surface area contributed by atoms with Crippen LogP contribution < -0.4 is 5.32 Å². The van der Waals surface area contributed by atoms with Gasteiger partial charge in [-0.2, -0.15) is 0 Å². The van der Waals surface area contributed by atoms with Crippen LogP contribution in [0.25, 0.3) is 0 Å². The van der Waals surface area contributed by atoms with E-state index < -0.39 is 0 Å². The van der Waals surface area contributed by atoms with Crippen LogP contribution in [0, 0.1) is 0 Å². The summed E-state index contributed by atoms with van der Waals surface area (Å²) >= 11 is 0. The quantitative estimate of drug-likeness (QED) is 0.863. The van der Waals surface area contributed by atoms with Crippen LogP contribution in [-0.4, -0.2) is 41.6 Å². The van der Waals surface area contributed by atoms with Crippen LogP contribution in [0.2, 0.25) is 0 Å². The van der Waals surface area contributed by atoms with E-state index in [9.17, 15) is 0 Å². The largest absolute Gasteiger partial charge is 0.311 e. The van der Waals surface area contributed by atoms with Gasteiger partial charge in [-0.15, -0.1) is 0 Å². The van der Waals surface area contributed by atoms with Gasteiger partial charge in [0.25, 0.3) is 0 Å². The molecular weight excluding hydrogens is 222 g/mol. The SMILES string of the molecule is CCCC1CN(CCc2ccncc2)C(C)CN1. The smallest absolute Gasteiger partial charge is 0.0270 e. The Morgan fingerprint density at radius 2 is 2.17 bits per heavy atom. The Labute approximate surface area is 111 Å². The lowest BCUT2D eigenvalue weighted by Gasteiger charge is -2.39. The number of hydrogen-bond donors (Lipinski definition) is 1. The highest BCUT2D eigenvalue weighted by molar-refractivity contribution is 5.10. The molecule has 1 aromatic heterocycles.